The number of benzene rings is 1. The summed E-state index contributed by atoms with van der Waals surface area (Å²) in [7, 11) is 0. The number of nitriles is 1. The molecule has 0 bridgehead atoms. The molecule has 12 heavy (non-hydrogen) atoms. The molecule has 3 N–H and O–H groups in total. The van der Waals surface area contributed by atoms with E-state index in [1.807, 2.05) is 28.7 Å². The van der Waals surface area contributed by atoms with Gasteiger partial charge in [0.25, 0.3) is 0 Å². The number of nitrogens with two attached hydrogens (primary N) is 1. The summed E-state index contributed by atoms with van der Waals surface area (Å²) in [5.74, 6) is 0. The first-order valence-electron chi connectivity index (χ1n) is 3.19. The maximum Gasteiger partial charge on any atom is 0.101 e. The van der Waals surface area contributed by atoms with Gasteiger partial charge in [-0.3, -0.25) is 5.41 Å². The molecule has 1 aromatic rings. The van der Waals surface area contributed by atoms with E-state index in [-0.39, 0.29) is 0 Å². The molecular formula is C8H6IN3. The zero-order valence-electron chi connectivity index (χ0n) is 6.13. The van der Waals surface area contributed by atoms with Gasteiger partial charge in [-0.2, -0.15) is 5.26 Å². The van der Waals surface area contributed by atoms with Gasteiger partial charge in [-0.05, 0) is 40.8 Å². The summed E-state index contributed by atoms with van der Waals surface area (Å²) in [6.45, 7) is 0. The van der Waals surface area contributed by atoms with Crippen molar-refractivity contribution in [3.8, 4) is 6.07 Å². The minimum atomic E-state index is 0.349. The Morgan fingerprint density at radius 2 is 2.25 bits per heavy atom. The summed E-state index contributed by atoms with van der Waals surface area (Å²) < 4.78 is 0.349. The molecule has 0 spiro atoms. The van der Waals surface area contributed by atoms with Gasteiger partial charge in [0, 0.05) is 11.3 Å². The highest BCUT2D eigenvalue weighted by Crippen LogP contribution is 2.16. The lowest BCUT2D eigenvalue weighted by molar-refractivity contribution is 1.47. The molecule has 1 rings (SSSR count). The Hall–Kier alpha value is -1.09. The molecule has 0 aliphatic carbocycles. The Labute approximate surface area is 83.8 Å². The van der Waals surface area contributed by atoms with Crippen molar-refractivity contribution in [1.82, 2.24) is 0 Å². The lowest BCUT2D eigenvalue weighted by Gasteiger charge is -2.01. The van der Waals surface area contributed by atoms with Gasteiger partial charge in [0.2, 0.25) is 0 Å². The second kappa shape index (κ2) is 3.54. The molecule has 0 saturated carbocycles. The van der Waals surface area contributed by atoms with Gasteiger partial charge in [-0.15, -0.1) is 0 Å². The third-order valence-corrected chi connectivity index (χ3v) is 2.00. The predicted octanol–water partition coefficient (Wildman–Crippen LogP) is 1.90. The molecule has 0 fully saturated rings. The Morgan fingerprint density at radius 3 is 2.75 bits per heavy atom. The smallest absolute Gasteiger partial charge is 0.101 e. The summed E-state index contributed by atoms with van der Waals surface area (Å²) in [5, 5.41) is 15.9. The number of nitrogen functional groups attached to an aromatic ring is 1. The van der Waals surface area contributed by atoms with Gasteiger partial charge in [0.1, 0.15) is 3.72 Å². The fourth-order valence-electron chi connectivity index (χ4n) is 0.816. The standard InChI is InChI=1S/C8H6IN3/c9-8(12)6-3-5(4-10)1-2-7(6)11/h1-3,12H,11H2. The van der Waals surface area contributed by atoms with E-state index < -0.39 is 0 Å². The average molecular weight is 271 g/mol. The van der Waals surface area contributed by atoms with Crippen LogP contribution in [0.1, 0.15) is 11.1 Å². The van der Waals surface area contributed by atoms with Crippen molar-refractivity contribution in [2.45, 2.75) is 0 Å². The monoisotopic (exact) mass is 271 g/mol. The molecule has 60 valence electrons. The van der Waals surface area contributed by atoms with Crippen LogP contribution in [-0.2, 0) is 0 Å². The van der Waals surface area contributed by atoms with E-state index in [0.29, 0.717) is 20.5 Å². The zero-order valence-corrected chi connectivity index (χ0v) is 8.29. The van der Waals surface area contributed by atoms with Gasteiger partial charge in [-0.1, -0.05) is 0 Å². The topological polar surface area (TPSA) is 73.7 Å². The summed E-state index contributed by atoms with van der Waals surface area (Å²) >= 11 is 1.86. The van der Waals surface area contributed by atoms with E-state index in [2.05, 4.69) is 0 Å². The molecule has 0 aromatic heterocycles. The lowest BCUT2D eigenvalue weighted by Crippen LogP contribution is -1.97. The Bertz CT molecular complexity index is 365. The fraction of sp³-hybridized carbons (Fsp3) is 0. The van der Waals surface area contributed by atoms with Crippen molar-refractivity contribution in [3.63, 3.8) is 0 Å². The van der Waals surface area contributed by atoms with Crippen molar-refractivity contribution in [3.05, 3.63) is 29.3 Å². The van der Waals surface area contributed by atoms with Crippen molar-refractivity contribution in [2.75, 3.05) is 5.73 Å². The van der Waals surface area contributed by atoms with Gasteiger partial charge in [0.15, 0.2) is 0 Å². The highest BCUT2D eigenvalue weighted by Gasteiger charge is 2.03. The van der Waals surface area contributed by atoms with Crippen LogP contribution in [0.5, 0.6) is 0 Å². The van der Waals surface area contributed by atoms with Crippen LogP contribution >= 0.6 is 22.6 Å². The minimum Gasteiger partial charge on any atom is -0.398 e. The van der Waals surface area contributed by atoms with Crippen LogP contribution in [-0.4, -0.2) is 3.72 Å². The van der Waals surface area contributed by atoms with Crippen molar-refractivity contribution >= 4 is 32.0 Å². The van der Waals surface area contributed by atoms with E-state index in [4.69, 9.17) is 16.4 Å². The summed E-state index contributed by atoms with van der Waals surface area (Å²) in [6.07, 6.45) is 0. The van der Waals surface area contributed by atoms with Crippen molar-refractivity contribution in [2.24, 2.45) is 0 Å². The summed E-state index contributed by atoms with van der Waals surface area (Å²) in [6, 6.07) is 6.89. The number of nitrogens with one attached hydrogen (secondary N) is 1. The first-order chi connectivity index (χ1) is 5.65. The maximum absolute atomic E-state index is 8.57. The SMILES string of the molecule is N#Cc1ccc(N)c(C(=N)I)c1. The first kappa shape index (κ1) is 9.00. The largest absolute Gasteiger partial charge is 0.398 e. The number of anilines is 1. The second-order valence-electron chi connectivity index (χ2n) is 2.23. The average Bonchev–Trinajstić information content (AvgIpc) is 2.05. The highest BCUT2D eigenvalue weighted by molar-refractivity contribution is 14.1. The number of hydrogen-bond acceptors (Lipinski definition) is 3. The molecule has 1 aromatic carbocycles. The van der Waals surface area contributed by atoms with Crippen LogP contribution in [0.4, 0.5) is 5.69 Å². The normalized spacial score (nSPS) is 9.00. The Kier molecular flexibility index (Phi) is 2.65. The van der Waals surface area contributed by atoms with Crippen molar-refractivity contribution in [1.29, 1.82) is 10.7 Å². The van der Waals surface area contributed by atoms with E-state index in [1.54, 1.807) is 18.2 Å². The molecule has 0 unspecified atom stereocenters. The third kappa shape index (κ3) is 1.74. The van der Waals surface area contributed by atoms with E-state index in [1.165, 1.54) is 0 Å². The fourth-order valence-corrected chi connectivity index (χ4v) is 1.28. The van der Waals surface area contributed by atoms with E-state index in [9.17, 15) is 0 Å². The molecule has 0 aliphatic heterocycles. The number of hydrogen-bond donors (Lipinski definition) is 2. The molecule has 0 heterocycles. The van der Waals surface area contributed by atoms with Crippen LogP contribution < -0.4 is 5.73 Å². The molecule has 4 heteroatoms. The predicted molar refractivity (Wildman–Crippen MR) is 56.4 cm³/mol. The Morgan fingerprint density at radius 1 is 1.58 bits per heavy atom. The van der Waals surface area contributed by atoms with Crippen LogP contribution in [0.2, 0.25) is 0 Å². The van der Waals surface area contributed by atoms with Crippen LogP contribution in [0.25, 0.3) is 0 Å². The zero-order chi connectivity index (χ0) is 9.14. The molecule has 0 radical (unpaired) electrons. The first-order valence-corrected chi connectivity index (χ1v) is 4.27. The van der Waals surface area contributed by atoms with E-state index >= 15 is 0 Å². The van der Waals surface area contributed by atoms with Gasteiger partial charge in [-0.25, -0.2) is 0 Å². The second-order valence-corrected chi connectivity index (χ2v) is 3.31. The maximum atomic E-state index is 8.57. The Balaban J connectivity index is 3.28. The quantitative estimate of drug-likeness (QED) is 0.465. The van der Waals surface area contributed by atoms with Gasteiger partial charge in [0.05, 0.1) is 11.6 Å². The van der Waals surface area contributed by atoms with Crippen LogP contribution in [0.15, 0.2) is 18.2 Å². The van der Waals surface area contributed by atoms with Crippen LogP contribution in [0, 0.1) is 16.7 Å². The van der Waals surface area contributed by atoms with Gasteiger partial charge < -0.3 is 5.73 Å². The number of halogens is 1. The highest BCUT2D eigenvalue weighted by atomic mass is 127. The lowest BCUT2D eigenvalue weighted by atomic mass is 10.1. The van der Waals surface area contributed by atoms with Crippen molar-refractivity contribution < 1.29 is 0 Å². The molecule has 3 nitrogen and oxygen atoms in total. The minimum absolute atomic E-state index is 0.349. The molecule has 0 amide bonds. The van der Waals surface area contributed by atoms with Crippen LogP contribution in [0.3, 0.4) is 0 Å². The molecule has 0 aliphatic rings. The third-order valence-electron chi connectivity index (χ3n) is 1.42. The molecular weight excluding hydrogens is 265 g/mol. The van der Waals surface area contributed by atoms with E-state index in [0.717, 1.165) is 0 Å². The number of rotatable bonds is 1. The summed E-state index contributed by atoms with van der Waals surface area (Å²) in [5.41, 5.74) is 7.27. The number of nitrogens with zero attached hydrogens (tertiary/aromatic N) is 1. The molecule has 0 saturated heterocycles. The van der Waals surface area contributed by atoms with Gasteiger partial charge >= 0.3 is 0 Å². The summed E-state index contributed by atoms with van der Waals surface area (Å²) in [4.78, 5) is 0. The molecule has 0 atom stereocenters.